The first kappa shape index (κ1) is 14.5. The highest BCUT2D eigenvalue weighted by atomic mass is 16.7. The van der Waals surface area contributed by atoms with Gasteiger partial charge >= 0.3 is 0 Å². The van der Waals surface area contributed by atoms with Gasteiger partial charge in [0.15, 0.2) is 5.79 Å². The predicted molar refractivity (Wildman–Crippen MR) is 66.7 cm³/mol. The molecule has 4 nitrogen and oxygen atoms in total. The van der Waals surface area contributed by atoms with Gasteiger partial charge in [0.25, 0.3) is 0 Å². The summed E-state index contributed by atoms with van der Waals surface area (Å²) >= 11 is 0. The van der Waals surface area contributed by atoms with Crippen LogP contribution in [0.1, 0.15) is 52.9 Å². The molecule has 4 heteroatoms. The lowest BCUT2D eigenvalue weighted by Crippen LogP contribution is -2.34. The minimum absolute atomic E-state index is 0.00964. The van der Waals surface area contributed by atoms with Crippen LogP contribution in [0.3, 0.4) is 0 Å². The molecule has 1 rings (SSSR count). The van der Waals surface area contributed by atoms with Crippen molar-refractivity contribution in [2.45, 2.75) is 64.8 Å². The summed E-state index contributed by atoms with van der Waals surface area (Å²) < 4.78 is 11.0. The van der Waals surface area contributed by atoms with E-state index in [1.54, 1.807) is 0 Å². The van der Waals surface area contributed by atoms with Gasteiger partial charge in [0, 0.05) is 13.0 Å². The fourth-order valence-corrected chi connectivity index (χ4v) is 1.89. The molecule has 0 aromatic carbocycles. The van der Waals surface area contributed by atoms with Crippen LogP contribution in [0.15, 0.2) is 0 Å². The number of nitrogens with one attached hydrogen (secondary N) is 1. The molecule has 100 valence electrons. The minimum atomic E-state index is -0.503. The molecule has 1 aliphatic rings. The van der Waals surface area contributed by atoms with Gasteiger partial charge in [-0.15, -0.1) is 0 Å². The monoisotopic (exact) mass is 243 g/mol. The Labute approximate surface area is 104 Å². The third kappa shape index (κ3) is 6.03. The van der Waals surface area contributed by atoms with E-state index in [0.717, 1.165) is 12.8 Å². The number of amides is 1. The molecule has 0 aromatic heterocycles. The third-order valence-corrected chi connectivity index (χ3v) is 2.85. The van der Waals surface area contributed by atoms with E-state index >= 15 is 0 Å². The number of unbranched alkanes of at least 4 members (excludes halogenated alkanes) is 3. The second kappa shape index (κ2) is 6.97. The molecule has 1 amide bonds. The number of carbonyl (C=O) groups excluding carboxylic acids is 1. The molecule has 0 saturated carbocycles. The minimum Gasteiger partial charge on any atom is -0.353 e. The SMILES string of the molecule is CCCCCCC(=O)NCC1COC(C)(C)O1. The molecular formula is C13H25NO3. The number of rotatable bonds is 7. The lowest BCUT2D eigenvalue weighted by molar-refractivity contribution is -0.139. The first-order valence-corrected chi connectivity index (χ1v) is 6.62. The standard InChI is InChI=1S/C13H25NO3/c1-4-5-6-7-8-12(15)14-9-11-10-16-13(2,3)17-11/h11H,4-10H2,1-3H3,(H,14,15). The molecule has 0 bridgehead atoms. The quantitative estimate of drug-likeness (QED) is 0.697. The molecule has 1 aliphatic heterocycles. The van der Waals surface area contributed by atoms with E-state index in [1.807, 2.05) is 13.8 Å². The van der Waals surface area contributed by atoms with Gasteiger partial charge in [-0.1, -0.05) is 26.2 Å². The number of ether oxygens (including phenoxy) is 2. The van der Waals surface area contributed by atoms with Crippen molar-refractivity contribution in [1.82, 2.24) is 5.32 Å². The zero-order chi connectivity index (χ0) is 12.7. The summed E-state index contributed by atoms with van der Waals surface area (Å²) in [5.41, 5.74) is 0. The summed E-state index contributed by atoms with van der Waals surface area (Å²) in [4.78, 5) is 11.5. The van der Waals surface area contributed by atoms with Crippen LogP contribution in [-0.2, 0) is 14.3 Å². The Morgan fingerprint density at radius 2 is 2.12 bits per heavy atom. The Morgan fingerprint density at radius 1 is 1.35 bits per heavy atom. The van der Waals surface area contributed by atoms with Gasteiger partial charge in [0.05, 0.1) is 6.61 Å². The van der Waals surface area contributed by atoms with Gasteiger partial charge in [-0.05, 0) is 20.3 Å². The largest absolute Gasteiger partial charge is 0.353 e. The van der Waals surface area contributed by atoms with Gasteiger partial charge in [0.1, 0.15) is 6.10 Å². The van der Waals surface area contributed by atoms with Crippen molar-refractivity contribution in [1.29, 1.82) is 0 Å². The van der Waals surface area contributed by atoms with E-state index in [2.05, 4.69) is 12.2 Å². The summed E-state index contributed by atoms with van der Waals surface area (Å²) in [6.07, 6.45) is 5.14. The number of hydrogen-bond donors (Lipinski definition) is 1. The third-order valence-electron chi connectivity index (χ3n) is 2.85. The molecule has 0 radical (unpaired) electrons. The van der Waals surface area contributed by atoms with Crippen LogP contribution < -0.4 is 5.32 Å². The molecule has 0 spiro atoms. The fourth-order valence-electron chi connectivity index (χ4n) is 1.89. The summed E-state index contributed by atoms with van der Waals surface area (Å²) in [7, 11) is 0. The van der Waals surface area contributed by atoms with E-state index in [0.29, 0.717) is 19.6 Å². The van der Waals surface area contributed by atoms with E-state index < -0.39 is 5.79 Å². The lowest BCUT2D eigenvalue weighted by atomic mass is 10.1. The predicted octanol–water partition coefficient (Wildman–Crippen LogP) is 2.22. The molecular weight excluding hydrogens is 218 g/mol. The normalized spacial score (nSPS) is 22.6. The van der Waals surface area contributed by atoms with E-state index in [-0.39, 0.29) is 12.0 Å². The number of hydrogen-bond acceptors (Lipinski definition) is 3. The number of carbonyl (C=O) groups is 1. The van der Waals surface area contributed by atoms with Gasteiger partial charge < -0.3 is 14.8 Å². The average molecular weight is 243 g/mol. The van der Waals surface area contributed by atoms with Gasteiger partial charge in [0.2, 0.25) is 5.91 Å². The Morgan fingerprint density at radius 3 is 2.71 bits per heavy atom. The Hall–Kier alpha value is -0.610. The molecule has 1 heterocycles. The maximum Gasteiger partial charge on any atom is 0.220 e. The van der Waals surface area contributed by atoms with Crippen molar-refractivity contribution in [2.24, 2.45) is 0 Å². The molecule has 1 atom stereocenters. The lowest BCUT2D eigenvalue weighted by Gasteiger charge is -2.17. The highest BCUT2D eigenvalue weighted by molar-refractivity contribution is 5.75. The summed E-state index contributed by atoms with van der Waals surface area (Å²) in [6, 6.07) is 0. The summed E-state index contributed by atoms with van der Waals surface area (Å²) in [5, 5.41) is 2.90. The van der Waals surface area contributed by atoms with Crippen LogP contribution in [0, 0.1) is 0 Å². The Balaban J connectivity index is 2.04. The topological polar surface area (TPSA) is 47.6 Å². The van der Waals surface area contributed by atoms with E-state index in [4.69, 9.17) is 9.47 Å². The molecule has 1 N–H and O–H groups in total. The van der Waals surface area contributed by atoms with Crippen molar-refractivity contribution in [3.05, 3.63) is 0 Å². The molecule has 0 aromatic rings. The van der Waals surface area contributed by atoms with Crippen molar-refractivity contribution in [3.8, 4) is 0 Å². The highest BCUT2D eigenvalue weighted by Crippen LogP contribution is 2.21. The average Bonchev–Trinajstić information content (AvgIpc) is 2.62. The molecule has 1 unspecified atom stereocenters. The van der Waals surface area contributed by atoms with Crippen LogP contribution in [0.2, 0.25) is 0 Å². The maximum absolute atomic E-state index is 11.5. The van der Waals surface area contributed by atoms with Crippen LogP contribution in [0.4, 0.5) is 0 Å². The van der Waals surface area contributed by atoms with Gasteiger partial charge in [-0.2, -0.15) is 0 Å². The zero-order valence-corrected chi connectivity index (χ0v) is 11.3. The van der Waals surface area contributed by atoms with Gasteiger partial charge in [-0.25, -0.2) is 0 Å². The molecule has 1 saturated heterocycles. The van der Waals surface area contributed by atoms with Crippen molar-refractivity contribution in [3.63, 3.8) is 0 Å². The maximum atomic E-state index is 11.5. The van der Waals surface area contributed by atoms with Crippen molar-refractivity contribution < 1.29 is 14.3 Å². The first-order chi connectivity index (χ1) is 8.03. The highest BCUT2D eigenvalue weighted by Gasteiger charge is 2.32. The Bertz CT molecular complexity index is 241. The summed E-state index contributed by atoms with van der Waals surface area (Å²) in [6.45, 7) is 7.05. The van der Waals surface area contributed by atoms with Crippen molar-refractivity contribution >= 4 is 5.91 Å². The second-order valence-corrected chi connectivity index (χ2v) is 5.07. The van der Waals surface area contributed by atoms with Gasteiger partial charge in [-0.3, -0.25) is 4.79 Å². The van der Waals surface area contributed by atoms with E-state index in [9.17, 15) is 4.79 Å². The van der Waals surface area contributed by atoms with Crippen LogP contribution in [0.25, 0.3) is 0 Å². The summed E-state index contributed by atoms with van der Waals surface area (Å²) in [5.74, 6) is -0.384. The zero-order valence-electron chi connectivity index (χ0n) is 11.3. The Kier molecular flexibility index (Phi) is 5.92. The van der Waals surface area contributed by atoms with Crippen LogP contribution in [-0.4, -0.2) is 30.9 Å². The first-order valence-electron chi connectivity index (χ1n) is 6.62. The second-order valence-electron chi connectivity index (χ2n) is 5.07. The van der Waals surface area contributed by atoms with Crippen molar-refractivity contribution in [2.75, 3.05) is 13.2 Å². The fraction of sp³-hybridized carbons (Fsp3) is 0.923. The molecule has 1 fully saturated rings. The van der Waals surface area contributed by atoms with Crippen LogP contribution >= 0.6 is 0 Å². The smallest absolute Gasteiger partial charge is 0.220 e. The van der Waals surface area contributed by atoms with Crippen LogP contribution in [0.5, 0.6) is 0 Å². The molecule has 17 heavy (non-hydrogen) atoms. The van der Waals surface area contributed by atoms with E-state index in [1.165, 1.54) is 12.8 Å². The molecule has 0 aliphatic carbocycles.